The molecule has 0 spiro atoms. The predicted molar refractivity (Wildman–Crippen MR) is 90.9 cm³/mol. The van der Waals surface area contributed by atoms with Crippen molar-refractivity contribution in [2.24, 2.45) is 0 Å². The molecule has 1 nitrogen and oxygen atoms in total. The Bertz CT molecular complexity index is 610. The molecule has 1 N–H and O–H groups in total. The van der Waals surface area contributed by atoms with Crippen LogP contribution >= 0.6 is 0 Å². The van der Waals surface area contributed by atoms with Crippen LogP contribution in [0.3, 0.4) is 0 Å². The van der Waals surface area contributed by atoms with Gasteiger partial charge in [-0.2, -0.15) is 0 Å². The molecule has 0 radical (unpaired) electrons. The summed E-state index contributed by atoms with van der Waals surface area (Å²) in [6, 6.07) is 18.2. The van der Waals surface area contributed by atoms with Crippen molar-refractivity contribution in [1.82, 2.24) is 0 Å². The van der Waals surface area contributed by atoms with Crippen LogP contribution in [0.25, 0.3) is 0 Å². The van der Waals surface area contributed by atoms with Crippen molar-refractivity contribution in [2.45, 2.75) is 51.5 Å². The zero-order chi connectivity index (χ0) is 14.9. The van der Waals surface area contributed by atoms with Crippen LogP contribution in [-0.4, -0.2) is 0 Å². The highest BCUT2D eigenvalue weighted by molar-refractivity contribution is 5.49. The third-order valence-corrected chi connectivity index (χ3v) is 4.83. The molecule has 1 aliphatic carbocycles. The van der Waals surface area contributed by atoms with E-state index in [0.29, 0.717) is 11.5 Å². The Morgan fingerprint density at radius 3 is 2.48 bits per heavy atom. The molecular weight excluding hydrogens is 254 g/mol. The summed E-state index contributed by atoms with van der Waals surface area (Å²) in [6.45, 7) is 6.91. The van der Waals surface area contributed by atoms with Crippen molar-refractivity contribution in [2.75, 3.05) is 5.32 Å². The van der Waals surface area contributed by atoms with E-state index in [-0.39, 0.29) is 0 Å². The molecule has 0 amide bonds. The fourth-order valence-electron chi connectivity index (χ4n) is 3.40. The molecule has 1 aliphatic rings. The standard InChI is InChI=1S/C20H25N/c1-4-15-9-11-16(12-10-15)21-19-13-14-20(2,3)18-8-6-5-7-17(18)19/h5-12,19,21H,4,13-14H2,1-3H3. The van der Waals surface area contributed by atoms with Gasteiger partial charge in [-0.1, -0.05) is 57.2 Å². The number of hydrogen-bond acceptors (Lipinski definition) is 1. The van der Waals surface area contributed by atoms with E-state index >= 15 is 0 Å². The Morgan fingerprint density at radius 2 is 1.76 bits per heavy atom. The van der Waals surface area contributed by atoms with E-state index in [9.17, 15) is 0 Å². The van der Waals surface area contributed by atoms with Crippen molar-refractivity contribution >= 4 is 5.69 Å². The Morgan fingerprint density at radius 1 is 1.05 bits per heavy atom. The van der Waals surface area contributed by atoms with Crippen LogP contribution < -0.4 is 5.32 Å². The molecule has 0 heterocycles. The van der Waals surface area contributed by atoms with Gasteiger partial charge in [0.2, 0.25) is 0 Å². The third kappa shape index (κ3) is 2.83. The van der Waals surface area contributed by atoms with Gasteiger partial charge < -0.3 is 5.32 Å². The van der Waals surface area contributed by atoms with Crippen LogP contribution in [0.5, 0.6) is 0 Å². The summed E-state index contributed by atoms with van der Waals surface area (Å²) in [6.07, 6.45) is 3.52. The minimum atomic E-state index is 0.293. The maximum atomic E-state index is 3.73. The van der Waals surface area contributed by atoms with Crippen LogP contribution in [0.15, 0.2) is 48.5 Å². The van der Waals surface area contributed by atoms with Crippen LogP contribution in [-0.2, 0) is 11.8 Å². The Balaban J connectivity index is 1.86. The molecule has 3 rings (SSSR count). The number of benzene rings is 2. The highest BCUT2D eigenvalue weighted by Crippen LogP contribution is 2.42. The van der Waals surface area contributed by atoms with Gasteiger partial charge in [-0.25, -0.2) is 0 Å². The zero-order valence-electron chi connectivity index (χ0n) is 13.3. The van der Waals surface area contributed by atoms with Gasteiger partial charge in [0.25, 0.3) is 0 Å². The minimum absolute atomic E-state index is 0.293. The average Bonchev–Trinajstić information content (AvgIpc) is 2.51. The Kier molecular flexibility index (Phi) is 3.75. The summed E-state index contributed by atoms with van der Waals surface area (Å²) in [7, 11) is 0. The molecule has 2 aromatic rings. The first-order chi connectivity index (χ1) is 10.1. The molecule has 1 heteroatoms. The zero-order valence-corrected chi connectivity index (χ0v) is 13.3. The molecule has 0 saturated heterocycles. The first kappa shape index (κ1) is 14.2. The second-order valence-corrected chi connectivity index (χ2v) is 6.76. The van der Waals surface area contributed by atoms with Gasteiger partial charge in [0.05, 0.1) is 6.04 Å². The van der Waals surface area contributed by atoms with Crippen molar-refractivity contribution in [3.63, 3.8) is 0 Å². The normalized spacial score (nSPS) is 19.9. The van der Waals surface area contributed by atoms with Gasteiger partial charge in [0, 0.05) is 5.69 Å². The predicted octanol–water partition coefficient (Wildman–Crippen LogP) is 5.47. The molecule has 21 heavy (non-hydrogen) atoms. The van der Waals surface area contributed by atoms with Gasteiger partial charge in [-0.05, 0) is 53.5 Å². The van der Waals surface area contributed by atoms with Gasteiger partial charge in [0.1, 0.15) is 0 Å². The molecule has 0 fully saturated rings. The maximum Gasteiger partial charge on any atom is 0.0517 e. The lowest BCUT2D eigenvalue weighted by molar-refractivity contribution is 0.406. The average molecular weight is 279 g/mol. The quantitative estimate of drug-likeness (QED) is 0.785. The number of nitrogens with one attached hydrogen (secondary N) is 1. The number of hydrogen-bond donors (Lipinski definition) is 1. The summed E-state index contributed by atoms with van der Waals surface area (Å²) >= 11 is 0. The smallest absolute Gasteiger partial charge is 0.0517 e. The fraction of sp³-hybridized carbons (Fsp3) is 0.400. The van der Waals surface area contributed by atoms with E-state index in [1.165, 1.54) is 35.2 Å². The fourth-order valence-corrected chi connectivity index (χ4v) is 3.40. The lowest BCUT2D eigenvalue weighted by atomic mass is 9.71. The molecule has 0 saturated carbocycles. The highest BCUT2D eigenvalue weighted by Gasteiger charge is 2.32. The summed E-state index contributed by atoms with van der Waals surface area (Å²) in [4.78, 5) is 0. The number of aryl methyl sites for hydroxylation is 1. The summed E-state index contributed by atoms with van der Waals surface area (Å²) in [5.74, 6) is 0. The third-order valence-electron chi connectivity index (χ3n) is 4.83. The van der Waals surface area contributed by atoms with E-state index in [1.807, 2.05) is 0 Å². The first-order valence-electron chi connectivity index (χ1n) is 8.05. The first-order valence-corrected chi connectivity index (χ1v) is 8.05. The topological polar surface area (TPSA) is 12.0 Å². The summed E-state index contributed by atoms with van der Waals surface area (Å²) < 4.78 is 0. The second-order valence-electron chi connectivity index (χ2n) is 6.76. The molecule has 1 atom stereocenters. The SMILES string of the molecule is CCc1ccc(NC2CCC(C)(C)c3ccccc32)cc1. The van der Waals surface area contributed by atoms with Crippen LogP contribution in [0.2, 0.25) is 0 Å². The summed E-state index contributed by atoms with van der Waals surface area (Å²) in [5, 5.41) is 3.73. The van der Waals surface area contributed by atoms with E-state index in [1.54, 1.807) is 0 Å². The van der Waals surface area contributed by atoms with E-state index < -0.39 is 0 Å². The molecule has 110 valence electrons. The van der Waals surface area contributed by atoms with E-state index in [0.717, 1.165) is 6.42 Å². The summed E-state index contributed by atoms with van der Waals surface area (Å²) in [5.41, 5.74) is 5.88. The molecule has 0 aliphatic heterocycles. The number of fused-ring (bicyclic) bond motifs is 1. The maximum absolute atomic E-state index is 3.73. The van der Waals surface area contributed by atoms with Crippen molar-refractivity contribution in [1.29, 1.82) is 0 Å². The number of rotatable bonds is 3. The Labute approximate surface area is 128 Å². The lowest BCUT2D eigenvalue weighted by Crippen LogP contribution is -2.29. The number of anilines is 1. The van der Waals surface area contributed by atoms with Gasteiger partial charge >= 0.3 is 0 Å². The largest absolute Gasteiger partial charge is 0.378 e. The van der Waals surface area contributed by atoms with E-state index in [4.69, 9.17) is 0 Å². The van der Waals surface area contributed by atoms with Crippen LogP contribution in [0.4, 0.5) is 5.69 Å². The molecule has 0 aromatic heterocycles. The van der Waals surface area contributed by atoms with Crippen molar-refractivity contribution in [3.05, 3.63) is 65.2 Å². The van der Waals surface area contributed by atoms with Crippen molar-refractivity contribution < 1.29 is 0 Å². The minimum Gasteiger partial charge on any atom is -0.378 e. The molecule has 1 unspecified atom stereocenters. The lowest BCUT2D eigenvalue weighted by Gasteiger charge is -2.37. The van der Waals surface area contributed by atoms with Crippen LogP contribution in [0, 0.1) is 0 Å². The van der Waals surface area contributed by atoms with Gasteiger partial charge in [0.15, 0.2) is 0 Å². The van der Waals surface area contributed by atoms with Gasteiger partial charge in [-0.3, -0.25) is 0 Å². The van der Waals surface area contributed by atoms with E-state index in [2.05, 4.69) is 74.6 Å². The highest BCUT2D eigenvalue weighted by atomic mass is 14.9. The molecule has 0 bridgehead atoms. The van der Waals surface area contributed by atoms with Gasteiger partial charge in [-0.15, -0.1) is 0 Å². The molecule has 2 aromatic carbocycles. The Hall–Kier alpha value is -1.76. The molecular formula is C20H25N. The van der Waals surface area contributed by atoms with Crippen LogP contribution in [0.1, 0.15) is 56.3 Å². The monoisotopic (exact) mass is 279 g/mol. The second kappa shape index (κ2) is 5.55. The van der Waals surface area contributed by atoms with Crippen molar-refractivity contribution in [3.8, 4) is 0 Å².